The Bertz CT molecular complexity index is 1400. The zero-order valence-electron chi connectivity index (χ0n) is 21.3. The number of piperidine rings is 2. The van der Waals surface area contributed by atoms with E-state index in [1.54, 1.807) is 22.8 Å². The number of rotatable bonds is 5. The predicted molar refractivity (Wildman–Crippen MR) is 141 cm³/mol. The smallest absolute Gasteiger partial charge is 0.257 e. The fourth-order valence-corrected chi connectivity index (χ4v) is 6.76. The highest BCUT2D eigenvalue weighted by Gasteiger charge is 2.31. The molecule has 2 aliphatic rings. The van der Waals surface area contributed by atoms with Crippen LogP contribution < -0.4 is 5.32 Å². The molecule has 0 radical (unpaired) electrons. The molecule has 3 aromatic rings. The highest BCUT2D eigenvalue weighted by atomic mass is 32.2. The first-order valence-corrected chi connectivity index (χ1v) is 14.3. The van der Waals surface area contributed by atoms with E-state index in [0.29, 0.717) is 43.1 Å². The summed E-state index contributed by atoms with van der Waals surface area (Å²) in [6.45, 7) is 6.03. The molecule has 9 nitrogen and oxygen atoms in total. The van der Waals surface area contributed by atoms with Crippen LogP contribution in [0.25, 0.3) is 5.52 Å². The van der Waals surface area contributed by atoms with Gasteiger partial charge in [-0.2, -0.15) is 9.40 Å². The fraction of sp³-hybridized carbons (Fsp3) is 0.444. The van der Waals surface area contributed by atoms with Gasteiger partial charge in [0.1, 0.15) is 0 Å². The number of amides is 2. The average Bonchev–Trinajstić information content (AvgIpc) is 3.32. The van der Waals surface area contributed by atoms with Gasteiger partial charge in [-0.1, -0.05) is 6.92 Å². The molecule has 0 atom stereocenters. The van der Waals surface area contributed by atoms with E-state index >= 15 is 0 Å². The third-order valence-corrected chi connectivity index (χ3v) is 9.50. The highest BCUT2D eigenvalue weighted by molar-refractivity contribution is 7.89. The quantitative estimate of drug-likeness (QED) is 0.549. The molecule has 2 amide bonds. The van der Waals surface area contributed by atoms with Crippen LogP contribution in [0.4, 0.5) is 5.69 Å². The first-order valence-electron chi connectivity index (χ1n) is 12.9. The molecule has 1 aromatic carbocycles. The Labute approximate surface area is 217 Å². The molecular weight excluding hydrogens is 490 g/mol. The lowest BCUT2D eigenvalue weighted by atomic mass is 9.90. The van der Waals surface area contributed by atoms with Crippen molar-refractivity contribution in [3.8, 4) is 0 Å². The molecule has 1 N–H and O–H groups in total. The largest absolute Gasteiger partial charge is 0.339 e. The molecule has 5 rings (SSSR count). The van der Waals surface area contributed by atoms with E-state index in [9.17, 15) is 18.0 Å². The molecule has 0 saturated carbocycles. The second-order valence-electron chi connectivity index (χ2n) is 10.2. The first kappa shape index (κ1) is 25.4. The lowest BCUT2D eigenvalue weighted by Gasteiger charge is -2.31. The van der Waals surface area contributed by atoms with Crippen LogP contribution in [0, 0.1) is 5.92 Å². The summed E-state index contributed by atoms with van der Waals surface area (Å²) >= 11 is 0. The van der Waals surface area contributed by atoms with Crippen molar-refractivity contribution in [2.45, 2.75) is 50.3 Å². The number of carbonyl (C=O) groups is 2. The van der Waals surface area contributed by atoms with Crippen LogP contribution in [0.5, 0.6) is 0 Å². The summed E-state index contributed by atoms with van der Waals surface area (Å²) in [5.41, 5.74) is 3.09. The minimum atomic E-state index is -3.62. The van der Waals surface area contributed by atoms with Gasteiger partial charge in [-0.25, -0.2) is 12.9 Å². The molecule has 0 spiro atoms. The number of nitrogens with one attached hydrogen (secondary N) is 1. The average molecular weight is 524 g/mol. The topological polar surface area (TPSA) is 104 Å². The summed E-state index contributed by atoms with van der Waals surface area (Å²) in [5.74, 6) is 0.679. The summed E-state index contributed by atoms with van der Waals surface area (Å²) in [5, 5.41) is 7.05. The minimum Gasteiger partial charge on any atom is -0.339 e. The minimum absolute atomic E-state index is 0.0319. The van der Waals surface area contributed by atoms with Crippen molar-refractivity contribution >= 4 is 33.0 Å². The number of carbonyl (C=O) groups excluding carboxylic acids is 2. The summed E-state index contributed by atoms with van der Waals surface area (Å²) in [7, 11) is -3.62. The zero-order chi connectivity index (χ0) is 26.2. The third-order valence-electron chi connectivity index (χ3n) is 7.58. The van der Waals surface area contributed by atoms with E-state index in [0.717, 1.165) is 37.0 Å². The molecule has 0 bridgehead atoms. The normalized spacial score (nSPS) is 18.3. The lowest BCUT2D eigenvalue weighted by molar-refractivity contribution is -0.114. The van der Waals surface area contributed by atoms with Crippen LogP contribution in [0.1, 0.15) is 61.4 Å². The van der Waals surface area contributed by atoms with Gasteiger partial charge in [-0.15, -0.1) is 0 Å². The monoisotopic (exact) mass is 523 g/mol. The van der Waals surface area contributed by atoms with Crippen LogP contribution in [0.2, 0.25) is 0 Å². The molecule has 10 heteroatoms. The highest BCUT2D eigenvalue weighted by Crippen LogP contribution is 2.32. The van der Waals surface area contributed by atoms with Crippen molar-refractivity contribution < 1.29 is 18.0 Å². The predicted octanol–water partition coefficient (Wildman–Crippen LogP) is 3.73. The van der Waals surface area contributed by atoms with Gasteiger partial charge in [0.25, 0.3) is 5.91 Å². The van der Waals surface area contributed by atoms with E-state index < -0.39 is 10.0 Å². The van der Waals surface area contributed by atoms with Gasteiger partial charge < -0.3 is 10.2 Å². The fourth-order valence-electron chi connectivity index (χ4n) is 5.29. The Morgan fingerprint density at radius 1 is 0.973 bits per heavy atom. The molecule has 2 aromatic heterocycles. The van der Waals surface area contributed by atoms with Gasteiger partial charge in [0.15, 0.2) is 0 Å². The van der Waals surface area contributed by atoms with Crippen molar-refractivity contribution in [3.05, 3.63) is 59.9 Å². The van der Waals surface area contributed by atoms with Crippen molar-refractivity contribution in [2.24, 2.45) is 5.92 Å². The van der Waals surface area contributed by atoms with Gasteiger partial charge in [0, 0.05) is 45.0 Å². The van der Waals surface area contributed by atoms with Crippen molar-refractivity contribution in [1.82, 2.24) is 18.8 Å². The van der Waals surface area contributed by atoms with E-state index in [-0.39, 0.29) is 22.6 Å². The third kappa shape index (κ3) is 5.26. The molecule has 196 valence electrons. The SMILES string of the molecule is CC(=O)Nc1ccc(S(=O)(=O)N2CCC(c3ccn4ncc(C(=O)N5CCC(C)CC5)c4c3)CC2)cc1. The van der Waals surface area contributed by atoms with E-state index in [1.165, 1.54) is 23.4 Å². The number of pyridine rings is 1. The summed E-state index contributed by atoms with van der Waals surface area (Å²) in [6, 6.07) is 10.3. The molecule has 0 aliphatic carbocycles. The van der Waals surface area contributed by atoms with E-state index in [2.05, 4.69) is 17.3 Å². The summed E-state index contributed by atoms with van der Waals surface area (Å²) < 4.78 is 29.6. The van der Waals surface area contributed by atoms with Gasteiger partial charge >= 0.3 is 0 Å². The van der Waals surface area contributed by atoms with Crippen LogP contribution in [0.15, 0.2) is 53.7 Å². The molecule has 37 heavy (non-hydrogen) atoms. The number of likely N-dealkylation sites (tertiary alicyclic amines) is 1. The summed E-state index contributed by atoms with van der Waals surface area (Å²) in [4.78, 5) is 26.6. The number of hydrogen-bond acceptors (Lipinski definition) is 5. The molecule has 2 fully saturated rings. The number of hydrogen-bond donors (Lipinski definition) is 1. The molecule has 2 aliphatic heterocycles. The number of fused-ring (bicyclic) bond motifs is 1. The van der Waals surface area contributed by atoms with Crippen LogP contribution in [-0.2, 0) is 14.8 Å². The Morgan fingerprint density at radius 3 is 2.30 bits per heavy atom. The number of aromatic nitrogens is 2. The van der Waals surface area contributed by atoms with Gasteiger partial charge in [0.2, 0.25) is 15.9 Å². The zero-order valence-corrected chi connectivity index (χ0v) is 22.1. The number of benzene rings is 1. The number of anilines is 1. The molecule has 0 unspecified atom stereocenters. The summed E-state index contributed by atoms with van der Waals surface area (Å²) in [6.07, 6.45) is 6.99. The lowest BCUT2D eigenvalue weighted by Crippen LogP contribution is -2.38. The van der Waals surface area contributed by atoms with Crippen LogP contribution in [-0.4, -0.2) is 65.2 Å². The van der Waals surface area contributed by atoms with Crippen molar-refractivity contribution in [3.63, 3.8) is 0 Å². The van der Waals surface area contributed by atoms with Crippen LogP contribution >= 0.6 is 0 Å². The molecular formula is C27H33N5O4S. The van der Waals surface area contributed by atoms with E-state index in [1.807, 2.05) is 23.2 Å². The van der Waals surface area contributed by atoms with Crippen molar-refractivity contribution in [1.29, 1.82) is 0 Å². The Morgan fingerprint density at radius 2 is 1.65 bits per heavy atom. The molecule has 2 saturated heterocycles. The van der Waals surface area contributed by atoms with E-state index in [4.69, 9.17) is 0 Å². The van der Waals surface area contributed by atoms with Gasteiger partial charge in [-0.05, 0) is 79.5 Å². The maximum atomic E-state index is 13.2. The standard InChI is InChI=1S/C27H33N5O4S/c1-19-7-12-30(13-8-19)27(34)25-18-28-32-16-11-22(17-26(25)32)21-9-14-31(15-10-21)37(35,36)24-5-3-23(4-6-24)29-20(2)33/h3-6,11,16-19,21H,7-10,12-15H2,1-2H3,(H,29,33). The van der Waals surface area contributed by atoms with Gasteiger partial charge in [0.05, 0.1) is 22.2 Å². The number of sulfonamides is 1. The Kier molecular flexibility index (Phi) is 7.04. The first-order chi connectivity index (χ1) is 17.7. The maximum Gasteiger partial charge on any atom is 0.257 e. The maximum absolute atomic E-state index is 13.2. The Hall–Kier alpha value is -3.24. The van der Waals surface area contributed by atoms with Crippen molar-refractivity contribution in [2.75, 3.05) is 31.5 Å². The molecule has 4 heterocycles. The second kappa shape index (κ2) is 10.3. The Balaban J connectivity index is 1.28. The van der Waals surface area contributed by atoms with Crippen LogP contribution in [0.3, 0.4) is 0 Å². The number of nitrogens with zero attached hydrogens (tertiary/aromatic N) is 4. The second-order valence-corrected chi connectivity index (χ2v) is 12.1. The van der Waals surface area contributed by atoms with Gasteiger partial charge in [-0.3, -0.25) is 9.59 Å².